The predicted octanol–water partition coefficient (Wildman–Crippen LogP) is 3.00. The Morgan fingerprint density at radius 1 is 1.31 bits per heavy atom. The van der Waals surface area contributed by atoms with E-state index in [1.165, 1.54) is 37.0 Å². The summed E-state index contributed by atoms with van der Waals surface area (Å²) in [6.45, 7) is 0. The molecule has 0 heteroatoms. The van der Waals surface area contributed by atoms with Crippen LogP contribution in [0.1, 0.15) is 32.1 Å². The van der Waals surface area contributed by atoms with Crippen molar-refractivity contribution in [1.82, 2.24) is 0 Å². The van der Waals surface area contributed by atoms with Gasteiger partial charge in [0, 0.05) is 0 Å². The Kier molecular flexibility index (Phi) is 0.738. The fraction of sp³-hybridized carbons (Fsp3) is 0.846. The molecule has 5 fully saturated rings. The molecule has 6 rings (SSSR count). The summed E-state index contributed by atoms with van der Waals surface area (Å²) in [4.78, 5) is 0. The van der Waals surface area contributed by atoms with Crippen LogP contribution in [-0.4, -0.2) is 0 Å². The van der Waals surface area contributed by atoms with Gasteiger partial charge < -0.3 is 0 Å². The van der Waals surface area contributed by atoms with Crippen LogP contribution in [0.15, 0.2) is 11.6 Å². The molecular weight excluding hydrogens is 156 g/mol. The molecule has 0 heterocycles. The van der Waals surface area contributed by atoms with Gasteiger partial charge in [-0.3, -0.25) is 0 Å². The summed E-state index contributed by atoms with van der Waals surface area (Å²) in [7, 11) is 0. The average Bonchev–Trinajstić information content (AvgIpc) is 2.44. The third-order valence-corrected chi connectivity index (χ3v) is 6.20. The number of allylic oxidation sites excluding steroid dienone is 2. The third kappa shape index (κ3) is 0.416. The van der Waals surface area contributed by atoms with Crippen molar-refractivity contribution in [3.63, 3.8) is 0 Å². The third-order valence-electron chi connectivity index (χ3n) is 6.20. The maximum absolute atomic E-state index is 2.73. The Hall–Kier alpha value is -0.260. The molecule has 6 aliphatic carbocycles. The molecule has 6 aliphatic rings. The Balaban J connectivity index is 1.79. The van der Waals surface area contributed by atoms with Crippen LogP contribution in [0.2, 0.25) is 0 Å². The molecule has 0 amide bonds. The molecule has 0 saturated heterocycles. The van der Waals surface area contributed by atoms with Gasteiger partial charge in [-0.05, 0) is 60.7 Å². The highest BCUT2D eigenvalue weighted by molar-refractivity contribution is 5.44. The summed E-state index contributed by atoms with van der Waals surface area (Å²) in [5.74, 6) is 5.86. The molecule has 5 saturated carbocycles. The minimum Gasteiger partial charge on any atom is -0.0810 e. The van der Waals surface area contributed by atoms with Gasteiger partial charge in [0.2, 0.25) is 0 Å². The summed E-state index contributed by atoms with van der Waals surface area (Å²) in [5, 5.41) is 0. The van der Waals surface area contributed by atoms with Crippen molar-refractivity contribution in [2.24, 2.45) is 35.0 Å². The molecule has 13 heavy (non-hydrogen) atoms. The van der Waals surface area contributed by atoms with E-state index in [1.54, 1.807) is 12.8 Å². The van der Waals surface area contributed by atoms with Gasteiger partial charge in [0.15, 0.2) is 0 Å². The molecule has 6 unspecified atom stereocenters. The van der Waals surface area contributed by atoms with E-state index in [0.717, 1.165) is 17.3 Å². The lowest BCUT2D eigenvalue weighted by Crippen LogP contribution is -2.28. The number of rotatable bonds is 0. The fourth-order valence-corrected chi connectivity index (χ4v) is 6.10. The van der Waals surface area contributed by atoms with Crippen molar-refractivity contribution >= 4 is 0 Å². The van der Waals surface area contributed by atoms with Gasteiger partial charge in [0.05, 0.1) is 0 Å². The van der Waals surface area contributed by atoms with E-state index < -0.39 is 0 Å². The molecule has 0 aliphatic heterocycles. The Morgan fingerprint density at radius 3 is 3.15 bits per heavy atom. The number of hydrogen-bond acceptors (Lipinski definition) is 0. The van der Waals surface area contributed by atoms with Gasteiger partial charge in [-0.2, -0.15) is 0 Å². The van der Waals surface area contributed by atoms with Gasteiger partial charge in [0.1, 0.15) is 0 Å². The van der Waals surface area contributed by atoms with Crippen molar-refractivity contribution in [1.29, 1.82) is 0 Å². The van der Waals surface area contributed by atoms with Gasteiger partial charge in [-0.25, -0.2) is 0 Å². The van der Waals surface area contributed by atoms with Crippen LogP contribution in [0.4, 0.5) is 0 Å². The topological polar surface area (TPSA) is 0 Å². The van der Waals surface area contributed by atoms with Gasteiger partial charge in [-0.15, -0.1) is 0 Å². The van der Waals surface area contributed by atoms with Crippen molar-refractivity contribution in [3.8, 4) is 0 Å². The molecular formula is C13H16. The van der Waals surface area contributed by atoms with Gasteiger partial charge >= 0.3 is 0 Å². The second kappa shape index (κ2) is 1.53. The van der Waals surface area contributed by atoms with Crippen LogP contribution < -0.4 is 0 Å². The van der Waals surface area contributed by atoms with Crippen LogP contribution in [-0.2, 0) is 0 Å². The normalized spacial score (nSPS) is 69.5. The molecule has 6 atom stereocenters. The second-order valence-corrected chi connectivity index (χ2v) is 6.13. The van der Waals surface area contributed by atoms with Crippen LogP contribution in [0.25, 0.3) is 0 Å². The Labute approximate surface area is 79.4 Å². The van der Waals surface area contributed by atoms with Crippen LogP contribution in [0, 0.1) is 35.0 Å². The first kappa shape index (κ1) is 6.27. The molecule has 68 valence electrons. The molecule has 0 N–H and O–H groups in total. The standard InChI is InChI=1S/C13H16/c1-2-4-13-7(3-1)5-8-10(13)6-9-11(8)12(9)13/h5,8-12H,1-4,6H2. The highest BCUT2D eigenvalue weighted by Crippen LogP contribution is 2.87. The van der Waals surface area contributed by atoms with Crippen LogP contribution in [0.3, 0.4) is 0 Å². The molecule has 6 bridgehead atoms. The predicted molar refractivity (Wildman–Crippen MR) is 51.1 cm³/mol. The van der Waals surface area contributed by atoms with Gasteiger partial charge in [0.25, 0.3) is 0 Å². The number of hydrogen-bond donors (Lipinski definition) is 0. The first-order valence-corrected chi connectivity index (χ1v) is 6.14. The largest absolute Gasteiger partial charge is 0.0810 e. The SMILES string of the molecule is C1=C2CCCCC23C2CC4C(C12)C43. The highest BCUT2D eigenvalue weighted by atomic mass is 14.9. The van der Waals surface area contributed by atoms with Crippen molar-refractivity contribution in [2.75, 3.05) is 0 Å². The van der Waals surface area contributed by atoms with Gasteiger partial charge in [-0.1, -0.05) is 18.1 Å². The molecule has 0 aromatic rings. The zero-order chi connectivity index (χ0) is 8.21. The van der Waals surface area contributed by atoms with Crippen LogP contribution >= 0.6 is 0 Å². The second-order valence-electron chi connectivity index (χ2n) is 6.13. The molecule has 0 nitrogen and oxygen atoms in total. The Bertz CT molecular complexity index is 340. The van der Waals surface area contributed by atoms with Crippen molar-refractivity contribution in [2.45, 2.75) is 32.1 Å². The average molecular weight is 172 g/mol. The van der Waals surface area contributed by atoms with Crippen LogP contribution in [0.5, 0.6) is 0 Å². The quantitative estimate of drug-likeness (QED) is 0.493. The van der Waals surface area contributed by atoms with E-state index in [9.17, 15) is 0 Å². The van der Waals surface area contributed by atoms with E-state index in [2.05, 4.69) is 6.08 Å². The molecule has 0 aromatic heterocycles. The summed E-state index contributed by atoms with van der Waals surface area (Å²) in [6, 6.07) is 0. The fourth-order valence-electron chi connectivity index (χ4n) is 6.10. The smallest absolute Gasteiger partial charge is 0.00200 e. The van der Waals surface area contributed by atoms with E-state index in [0.29, 0.717) is 0 Å². The maximum atomic E-state index is 2.73. The van der Waals surface area contributed by atoms with E-state index in [4.69, 9.17) is 0 Å². The van der Waals surface area contributed by atoms with Crippen molar-refractivity contribution in [3.05, 3.63) is 11.6 Å². The highest BCUT2D eigenvalue weighted by Gasteiger charge is 2.81. The summed E-state index contributed by atoms with van der Waals surface area (Å²) < 4.78 is 0. The molecule has 0 aromatic carbocycles. The summed E-state index contributed by atoms with van der Waals surface area (Å²) in [5.41, 5.74) is 2.77. The molecule has 0 radical (unpaired) electrons. The zero-order valence-electron chi connectivity index (χ0n) is 8.00. The first-order chi connectivity index (χ1) is 6.43. The lowest BCUT2D eigenvalue weighted by molar-refractivity contribution is 0.211. The zero-order valence-corrected chi connectivity index (χ0v) is 8.00. The van der Waals surface area contributed by atoms with E-state index in [1.807, 2.05) is 5.57 Å². The lowest BCUT2D eigenvalue weighted by atomic mass is 9.67. The van der Waals surface area contributed by atoms with E-state index in [-0.39, 0.29) is 0 Å². The van der Waals surface area contributed by atoms with Crippen molar-refractivity contribution < 1.29 is 0 Å². The van der Waals surface area contributed by atoms with E-state index >= 15 is 0 Å². The minimum atomic E-state index is 0.832. The monoisotopic (exact) mass is 172 g/mol. The Morgan fingerprint density at radius 2 is 2.31 bits per heavy atom. The lowest BCUT2D eigenvalue weighted by Gasteiger charge is -2.37. The molecule has 1 spiro atoms. The summed E-state index contributed by atoms with van der Waals surface area (Å²) >= 11 is 0. The maximum Gasteiger partial charge on any atom is -0.00200 e. The minimum absolute atomic E-state index is 0.832. The first-order valence-electron chi connectivity index (χ1n) is 6.14. The summed E-state index contributed by atoms with van der Waals surface area (Å²) in [6.07, 6.45) is 10.4.